The summed E-state index contributed by atoms with van der Waals surface area (Å²) in [4.78, 5) is 9.12. The molecule has 2 heterocycles. The van der Waals surface area contributed by atoms with Gasteiger partial charge in [0.05, 0.1) is 11.2 Å². The fourth-order valence-electron chi connectivity index (χ4n) is 2.53. The summed E-state index contributed by atoms with van der Waals surface area (Å²) in [7, 11) is 0. The maximum Gasteiger partial charge on any atom is 0.152 e. The molecule has 0 aliphatic rings. The summed E-state index contributed by atoms with van der Waals surface area (Å²) < 4.78 is 7.75. The van der Waals surface area contributed by atoms with Gasteiger partial charge in [-0.2, -0.15) is 0 Å². The first-order chi connectivity index (χ1) is 10.1. The third kappa shape index (κ3) is 2.93. The van der Waals surface area contributed by atoms with Gasteiger partial charge < -0.3 is 15.0 Å². The molecule has 0 aromatic carbocycles. The largest absolute Gasteiger partial charge is 0.382 e. The molecule has 21 heavy (non-hydrogen) atoms. The van der Waals surface area contributed by atoms with E-state index in [0.29, 0.717) is 19.0 Å². The fraction of sp³-hybridized carbons (Fsp3) is 0.500. The minimum Gasteiger partial charge on any atom is -0.382 e. The van der Waals surface area contributed by atoms with Crippen LogP contribution in [0.3, 0.4) is 0 Å². The van der Waals surface area contributed by atoms with Crippen LogP contribution in [0.2, 0.25) is 0 Å². The van der Waals surface area contributed by atoms with Crippen molar-refractivity contribution in [1.29, 1.82) is 0 Å². The third-order valence-corrected chi connectivity index (χ3v) is 3.48. The first-order valence-corrected chi connectivity index (χ1v) is 7.49. The maximum absolute atomic E-state index is 6.10. The van der Waals surface area contributed by atoms with E-state index < -0.39 is 0 Å². The zero-order valence-electron chi connectivity index (χ0n) is 13.3. The van der Waals surface area contributed by atoms with Crippen LogP contribution in [0.25, 0.3) is 17.1 Å². The normalized spacial score (nSPS) is 11.8. The highest BCUT2D eigenvalue weighted by molar-refractivity contribution is 5.90. The molecule has 5 heteroatoms. The van der Waals surface area contributed by atoms with Gasteiger partial charge in [-0.1, -0.05) is 13.0 Å². The molecular formula is C16H24N4O. The second kappa shape index (κ2) is 6.72. The first kappa shape index (κ1) is 15.5. The highest BCUT2D eigenvalue weighted by Gasteiger charge is 2.17. The number of allylic oxidation sites excluding steroid dienone is 1. The lowest BCUT2D eigenvalue weighted by molar-refractivity contribution is 0.126. The molecule has 0 fully saturated rings. The quantitative estimate of drug-likeness (QED) is 0.885. The summed E-state index contributed by atoms with van der Waals surface area (Å²) in [6.07, 6.45) is 4.99. The van der Waals surface area contributed by atoms with Gasteiger partial charge in [-0.05, 0) is 33.3 Å². The Kier molecular flexibility index (Phi) is 4.96. The molecule has 0 saturated heterocycles. The topological polar surface area (TPSA) is 66.0 Å². The number of fused-ring (bicyclic) bond motifs is 1. The Hall–Kier alpha value is -1.88. The summed E-state index contributed by atoms with van der Waals surface area (Å²) >= 11 is 0. The lowest BCUT2D eigenvalue weighted by Crippen LogP contribution is -2.06. The molecule has 114 valence electrons. The molecule has 2 aromatic rings. The highest BCUT2D eigenvalue weighted by atomic mass is 16.5. The molecule has 0 aliphatic heterocycles. The van der Waals surface area contributed by atoms with Crippen molar-refractivity contribution in [3.05, 3.63) is 23.2 Å². The molecule has 0 atom stereocenters. The summed E-state index contributed by atoms with van der Waals surface area (Å²) in [5.74, 6) is 1.40. The Balaban J connectivity index is 2.69. The molecule has 2 rings (SSSR count). The predicted molar refractivity (Wildman–Crippen MR) is 87.0 cm³/mol. The second-order valence-electron chi connectivity index (χ2n) is 5.02. The summed E-state index contributed by atoms with van der Waals surface area (Å²) in [5.41, 5.74) is 9.98. The second-order valence-corrected chi connectivity index (χ2v) is 5.02. The van der Waals surface area contributed by atoms with Gasteiger partial charge in [-0.25, -0.2) is 9.97 Å². The predicted octanol–water partition coefficient (Wildman–Crippen LogP) is 3.30. The lowest BCUT2D eigenvalue weighted by atomic mass is 10.1. The summed E-state index contributed by atoms with van der Waals surface area (Å²) in [6.45, 7) is 10.3. The first-order valence-electron chi connectivity index (χ1n) is 7.49. The van der Waals surface area contributed by atoms with Crippen molar-refractivity contribution in [3.63, 3.8) is 0 Å². The van der Waals surface area contributed by atoms with Crippen molar-refractivity contribution in [1.82, 2.24) is 14.5 Å². The number of aryl methyl sites for hydroxylation is 2. The molecule has 5 nitrogen and oxygen atoms in total. The van der Waals surface area contributed by atoms with E-state index in [4.69, 9.17) is 10.5 Å². The van der Waals surface area contributed by atoms with Crippen LogP contribution in [-0.2, 0) is 17.9 Å². The molecule has 0 bridgehead atoms. The number of nitrogens with zero attached hydrogens (tertiary/aromatic N) is 3. The number of hydrogen-bond acceptors (Lipinski definition) is 4. The van der Waals surface area contributed by atoms with E-state index in [9.17, 15) is 0 Å². The molecule has 2 N–H and O–H groups in total. The van der Waals surface area contributed by atoms with E-state index in [1.807, 2.05) is 26.0 Å². The Morgan fingerprint density at radius 1 is 1.29 bits per heavy atom. The molecule has 0 saturated carbocycles. The average molecular weight is 288 g/mol. The molecule has 2 aromatic heterocycles. The molecule has 0 radical (unpaired) electrons. The van der Waals surface area contributed by atoms with E-state index in [1.165, 1.54) is 0 Å². The van der Waals surface area contributed by atoms with Gasteiger partial charge in [0.15, 0.2) is 5.82 Å². The summed E-state index contributed by atoms with van der Waals surface area (Å²) in [5, 5.41) is 0. The van der Waals surface area contributed by atoms with Gasteiger partial charge in [-0.3, -0.25) is 0 Å². The van der Waals surface area contributed by atoms with E-state index in [1.54, 1.807) is 0 Å². The van der Waals surface area contributed by atoms with Crippen molar-refractivity contribution in [2.45, 2.75) is 47.3 Å². The highest BCUT2D eigenvalue weighted by Crippen LogP contribution is 2.27. The molecule has 0 spiro atoms. The number of imidazole rings is 1. The van der Waals surface area contributed by atoms with E-state index in [-0.39, 0.29) is 0 Å². The van der Waals surface area contributed by atoms with E-state index >= 15 is 0 Å². The van der Waals surface area contributed by atoms with Gasteiger partial charge in [0, 0.05) is 18.7 Å². The number of aromatic nitrogens is 3. The van der Waals surface area contributed by atoms with Crippen molar-refractivity contribution in [3.8, 4) is 0 Å². The Bertz CT molecular complexity index is 658. The van der Waals surface area contributed by atoms with Crippen molar-refractivity contribution in [2.24, 2.45) is 0 Å². The molecule has 0 unspecified atom stereocenters. The smallest absolute Gasteiger partial charge is 0.152 e. The van der Waals surface area contributed by atoms with E-state index in [0.717, 1.165) is 41.1 Å². The number of ether oxygens (including phenoxy) is 1. The van der Waals surface area contributed by atoms with Crippen LogP contribution in [0.1, 0.15) is 44.3 Å². The monoisotopic (exact) mass is 288 g/mol. The number of nitrogen functional groups attached to an aromatic ring is 1. The van der Waals surface area contributed by atoms with Gasteiger partial charge in [-0.15, -0.1) is 0 Å². The zero-order valence-corrected chi connectivity index (χ0v) is 13.3. The summed E-state index contributed by atoms with van der Waals surface area (Å²) in [6, 6.07) is 0. The standard InChI is InChI=1S/C16H24N4O/c1-5-8-12-11(4)15-14(16(17)18-12)19-13(10-21-7-3)20(15)9-6-2/h5,8H,6-7,9-10H2,1-4H3,(H2,17,18)/b8-5-. The van der Waals surface area contributed by atoms with Gasteiger partial charge in [0.1, 0.15) is 17.9 Å². The molecular weight excluding hydrogens is 264 g/mol. The number of anilines is 1. The molecule has 0 aliphatic carbocycles. The Labute approximate surface area is 125 Å². The van der Waals surface area contributed by atoms with Crippen LogP contribution in [0.5, 0.6) is 0 Å². The number of pyridine rings is 1. The van der Waals surface area contributed by atoms with E-state index in [2.05, 4.69) is 28.4 Å². The Morgan fingerprint density at radius 2 is 2.05 bits per heavy atom. The van der Waals surface area contributed by atoms with Crippen LogP contribution >= 0.6 is 0 Å². The minimum atomic E-state index is 0.483. The van der Waals surface area contributed by atoms with Crippen molar-refractivity contribution < 1.29 is 4.74 Å². The van der Waals surface area contributed by atoms with Crippen molar-refractivity contribution in [2.75, 3.05) is 12.3 Å². The van der Waals surface area contributed by atoms with Gasteiger partial charge in [0.2, 0.25) is 0 Å². The Morgan fingerprint density at radius 3 is 2.67 bits per heavy atom. The lowest BCUT2D eigenvalue weighted by Gasteiger charge is -2.10. The van der Waals surface area contributed by atoms with Crippen LogP contribution in [0.4, 0.5) is 5.82 Å². The minimum absolute atomic E-state index is 0.483. The number of hydrogen-bond donors (Lipinski definition) is 1. The van der Waals surface area contributed by atoms with Crippen LogP contribution in [0.15, 0.2) is 6.08 Å². The zero-order chi connectivity index (χ0) is 15.4. The SMILES string of the molecule is C/C=C\c1nc(N)c2nc(COCC)n(CCC)c2c1C. The molecule has 0 amide bonds. The van der Waals surface area contributed by atoms with Gasteiger partial charge >= 0.3 is 0 Å². The van der Waals surface area contributed by atoms with Crippen molar-refractivity contribution >= 4 is 22.9 Å². The van der Waals surface area contributed by atoms with Crippen LogP contribution in [0, 0.1) is 6.92 Å². The van der Waals surface area contributed by atoms with Crippen LogP contribution < -0.4 is 5.73 Å². The number of rotatable bonds is 6. The van der Waals surface area contributed by atoms with Crippen LogP contribution in [-0.4, -0.2) is 21.1 Å². The fourth-order valence-corrected chi connectivity index (χ4v) is 2.53. The third-order valence-electron chi connectivity index (χ3n) is 3.48. The van der Waals surface area contributed by atoms with Gasteiger partial charge in [0.25, 0.3) is 0 Å². The average Bonchev–Trinajstić information content (AvgIpc) is 2.82. The number of nitrogens with two attached hydrogens (primary N) is 1. The maximum atomic E-state index is 6.10.